The molecule has 0 bridgehead atoms. The van der Waals surface area contributed by atoms with E-state index in [1.54, 1.807) is 6.07 Å². The zero-order chi connectivity index (χ0) is 13.7. The maximum Gasteiger partial charge on any atom is 0.146 e. The minimum absolute atomic E-state index is 0.161. The topological polar surface area (TPSA) is 29.3 Å². The second kappa shape index (κ2) is 7.00. The van der Waals surface area contributed by atoms with E-state index in [9.17, 15) is 4.39 Å². The second-order valence-corrected chi connectivity index (χ2v) is 5.69. The van der Waals surface area contributed by atoms with Gasteiger partial charge < -0.3 is 10.6 Å². The Morgan fingerprint density at radius 3 is 2.61 bits per heavy atom. The number of hydrogen-bond donors (Lipinski definition) is 1. The highest BCUT2D eigenvalue weighted by Crippen LogP contribution is 2.29. The van der Waals surface area contributed by atoms with Gasteiger partial charge in [0.2, 0.25) is 0 Å². The van der Waals surface area contributed by atoms with Gasteiger partial charge >= 0.3 is 0 Å². The summed E-state index contributed by atoms with van der Waals surface area (Å²) in [7, 11) is 1.94. The molecule has 1 aromatic rings. The summed E-state index contributed by atoms with van der Waals surface area (Å²) in [6, 6.07) is 5.26. The molecule has 0 aliphatic carbocycles. The third-order valence-electron chi connectivity index (χ3n) is 3.26. The first-order valence-corrected chi connectivity index (χ1v) is 7.64. The number of benzene rings is 1. The standard InChI is InChI=1S/C14H23FN2S/c1-10(8-9-18-4)17(3)14-12(11(2)16)6-5-7-13(14)15/h5-7,10-11H,8-9,16H2,1-4H3. The summed E-state index contributed by atoms with van der Waals surface area (Å²) in [5.74, 6) is 0.885. The van der Waals surface area contributed by atoms with E-state index in [0.717, 1.165) is 17.7 Å². The number of nitrogens with two attached hydrogens (primary N) is 1. The fourth-order valence-corrected chi connectivity index (χ4v) is 2.55. The Labute approximate surface area is 114 Å². The highest BCUT2D eigenvalue weighted by atomic mass is 32.2. The van der Waals surface area contributed by atoms with Gasteiger partial charge in [-0.05, 0) is 43.9 Å². The first kappa shape index (κ1) is 15.3. The summed E-state index contributed by atoms with van der Waals surface area (Å²) in [6.45, 7) is 4.01. The van der Waals surface area contributed by atoms with Crippen LogP contribution in [0.5, 0.6) is 0 Å². The first-order valence-electron chi connectivity index (χ1n) is 6.24. The predicted molar refractivity (Wildman–Crippen MR) is 79.9 cm³/mol. The smallest absolute Gasteiger partial charge is 0.146 e. The van der Waals surface area contributed by atoms with Gasteiger partial charge in [0, 0.05) is 19.1 Å². The third kappa shape index (κ3) is 3.62. The van der Waals surface area contributed by atoms with Crippen molar-refractivity contribution in [2.24, 2.45) is 5.73 Å². The first-order chi connectivity index (χ1) is 8.49. The Hall–Kier alpha value is -0.740. The Bertz CT molecular complexity index is 382. The van der Waals surface area contributed by atoms with E-state index in [2.05, 4.69) is 13.2 Å². The Morgan fingerprint density at radius 2 is 2.06 bits per heavy atom. The molecule has 0 amide bonds. The van der Waals surface area contributed by atoms with Crippen LogP contribution < -0.4 is 10.6 Å². The quantitative estimate of drug-likeness (QED) is 0.859. The number of anilines is 1. The molecule has 2 nitrogen and oxygen atoms in total. The SMILES string of the molecule is CSCCC(C)N(C)c1c(F)cccc1C(C)N. The molecule has 0 saturated carbocycles. The molecular weight excluding hydrogens is 247 g/mol. The van der Waals surface area contributed by atoms with Crippen molar-refractivity contribution in [3.8, 4) is 0 Å². The second-order valence-electron chi connectivity index (χ2n) is 4.71. The molecule has 0 aromatic heterocycles. The lowest BCUT2D eigenvalue weighted by atomic mass is 10.0. The monoisotopic (exact) mass is 270 g/mol. The Kier molecular flexibility index (Phi) is 5.96. The lowest BCUT2D eigenvalue weighted by molar-refractivity contribution is 0.593. The van der Waals surface area contributed by atoms with Crippen molar-refractivity contribution in [1.29, 1.82) is 0 Å². The molecule has 0 spiro atoms. The van der Waals surface area contributed by atoms with E-state index in [0.29, 0.717) is 11.7 Å². The zero-order valence-corrected chi connectivity index (χ0v) is 12.4. The van der Waals surface area contributed by atoms with Crippen molar-refractivity contribution in [2.75, 3.05) is 24.0 Å². The average Bonchev–Trinajstić information content (AvgIpc) is 2.34. The molecule has 1 rings (SSSR count). The van der Waals surface area contributed by atoms with Gasteiger partial charge in [-0.15, -0.1) is 0 Å². The average molecular weight is 270 g/mol. The van der Waals surface area contributed by atoms with E-state index in [1.807, 2.05) is 36.7 Å². The number of para-hydroxylation sites is 1. The van der Waals surface area contributed by atoms with E-state index in [-0.39, 0.29) is 11.9 Å². The van der Waals surface area contributed by atoms with Gasteiger partial charge in [0.25, 0.3) is 0 Å². The van der Waals surface area contributed by atoms with Crippen LogP contribution in [-0.4, -0.2) is 25.1 Å². The van der Waals surface area contributed by atoms with Crippen molar-refractivity contribution < 1.29 is 4.39 Å². The zero-order valence-electron chi connectivity index (χ0n) is 11.6. The molecule has 0 fully saturated rings. The molecular formula is C14H23FN2S. The number of rotatable bonds is 6. The van der Waals surface area contributed by atoms with Crippen molar-refractivity contribution in [3.05, 3.63) is 29.6 Å². The van der Waals surface area contributed by atoms with E-state index >= 15 is 0 Å². The van der Waals surface area contributed by atoms with Crippen LogP contribution in [0.1, 0.15) is 31.9 Å². The van der Waals surface area contributed by atoms with E-state index < -0.39 is 0 Å². The predicted octanol–water partition coefficient (Wildman–Crippen LogP) is 3.42. The van der Waals surface area contributed by atoms with Gasteiger partial charge in [0.15, 0.2) is 0 Å². The molecule has 0 radical (unpaired) electrons. The summed E-state index contributed by atoms with van der Waals surface area (Å²) < 4.78 is 14.0. The van der Waals surface area contributed by atoms with Crippen molar-refractivity contribution >= 4 is 17.4 Å². The molecule has 18 heavy (non-hydrogen) atoms. The number of hydrogen-bond acceptors (Lipinski definition) is 3. The van der Waals surface area contributed by atoms with Crippen LogP contribution in [0.3, 0.4) is 0 Å². The summed E-state index contributed by atoms with van der Waals surface area (Å²) in [5.41, 5.74) is 7.43. The van der Waals surface area contributed by atoms with Crippen LogP contribution in [0.2, 0.25) is 0 Å². The minimum Gasteiger partial charge on any atom is -0.369 e. The molecule has 0 aliphatic rings. The molecule has 0 aliphatic heterocycles. The summed E-state index contributed by atoms with van der Waals surface area (Å²) in [5, 5.41) is 0. The van der Waals surface area contributed by atoms with Crippen LogP contribution in [-0.2, 0) is 0 Å². The molecule has 2 N–H and O–H groups in total. The van der Waals surface area contributed by atoms with Crippen molar-refractivity contribution in [1.82, 2.24) is 0 Å². The third-order valence-corrected chi connectivity index (χ3v) is 3.91. The van der Waals surface area contributed by atoms with Gasteiger partial charge in [-0.25, -0.2) is 4.39 Å². The van der Waals surface area contributed by atoms with Gasteiger partial charge in [-0.1, -0.05) is 12.1 Å². The number of nitrogens with zero attached hydrogens (tertiary/aromatic N) is 1. The fourth-order valence-electron chi connectivity index (χ4n) is 1.97. The van der Waals surface area contributed by atoms with Crippen LogP contribution >= 0.6 is 11.8 Å². The maximum absolute atomic E-state index is 14.0. The molecule has 0 saturated heterocycles. The lowest BCUT2D eigenvalue weighted by Gasteiger charge is -2.30. The molecule has 4 heteroatoms. The number of thioether (sulfide) groups is 1. The lowest BCUT2D eigenvalue weighted by Crippen LogP contribution is -2.31. The maximum atomic E-state index is 14.0. The summed E-state index contributed by atoms with van der Waals surface area (Å²) >= 11 is 1.81. The fraction of sp³-hybridized carbons (Fsp3) is 0.571. The molecule has 2 unspecified atom stereocenters. The van der Waals surface area contributed by atoms with Crippen molar-refractivity contribution in [2.45, 2.75) is 32.4 Å². The van der Waals surface area contributed by atoms with Crippen LogP contribution in [0.15, 0.2) is 18.2 Å². The van der Waals surface area contributed by atoms with Gasteiger partial charge in [-0.2, -0.15) is 11.8 Å². The van der Waals surface area contributed by atoms with Crippen LogP contribution in [0.4, 0.5) is 10.1 Å². The van der Waals surface area contributed by atoms with Gasteiger partial charge in [0.1, 0.15) is 5.82 Å². The summed E-state index contributed by atoms with van der Waals surface area (Å²) in [4.78, 5) is 2.00. The Balaban J connectivity index is 3.00. The molecule has 0 heterocycles. The van der Waals surface area contributed by atoms with Gasteiger partial charge in [-0.3, -0.25) is 0 Å². The van der Waals surface area contributed by atoms with Crippen molar-refractivity contribution in [3.63, 3.8) is 0 Å². The van der Waals surface area contributed by atoms with Crippen LogP contribution in [0.25, 0.3) is 0 Å². The number of halogens is 1. The normalized spacial score (nSPS) is 14.3. The minimum atomic E-state index is -0.191. The highest BCUT2D eigenvalue weighted by Gasteiger charge is 2.19. The molecule has 2 atom stereocenters. The Morgan fingerprint density at radius 1 is 1.39 bits per heavy atom. The van der Waals surface area contributed by atoms with Gasteiger partial charge in [0.05, 0.1) is 5.69 Å². The van der Waals surface area contributed by atoms with Crippen LogP contribution in [0, 0.1) is 5.82 Å². The largest absolute Gasteiger partial charge is 0.369 e. The highest BCUT2D eigenvalue weighted by molar-refractivity contribution is 7.98. The summed E-state index contributed by atoms with van der Waals surface area (Å²) in [6.07, 6.45) is 3.12. The van der Waals surface area contributed by atoms with E-state index in [4.69, 9.17) is 5.73 Å². The van der Waals surface area contributed by atoms with E-state index in [1.165, 1.54) is 6.07 Å². The molecule has 102 valence electrons. The molecule has 1 aromatic carbocycles.